The van der Waals surface area contributed by atoms with Crippen molar-refractivity contribution >= 4 is 0 Å². The van der Waals surface area contributed by atoms with Crippen molar-refractivity contribution in [3.63, 3.8) is 0 Å². The number of rotatable bonds is 1. The molecule has 0 fully saturated rings. The Morgan fingerprint density at radius 1 is 1.83 bits per heavy atom. The third-order valence-corrected chi connectivity index (χ3v) is 0.288. The van der Waals surface area contributed by atoms with Crippen molar-refractivity contribution < 1.29 is 26.2 Å². The third-order valence-electron chi connectivity index (χ3n) is 0.288. The molecule has 3 N–H and O–H groups in total. The van der Waals surface area contributed by atoms with Crippen LogP contribution in [0.25, 0.3) is 0 Å². The summed E-state index contributed by atoms with van der Waals surface area (Å²) in [6.07, 6.45) is 0. The van der Waals surface area contributed by atoms with Crippen molar-refractivity contribution in [2.75, 3.05) is 6.61 Å². The number of aliphatic hydroxyl groups is 1. The number of hydrogen-bond donors (Lipinski definition) is 2. The van der Waals surface area contributed by atoms with Crippen LogP contribution in [-0.2, 0) is 21.1 Å². The minimum absolute atomic E-state index is 0. The smallest absolute Gasteiger partial charge is 0.395 e. The molecule has 3 heteroatoms. The van der Waals surface area contributed by atoms with Crippen molar-refractivity contribution in [2.24, 2.45) is 5.73 Å². The van der Waals surface area contributed by atoms with E-state index in [0.717, 1.165) is 0 Å². The minimum Gasteiger partial charge on any atom is -0.395 e. The first kappa shape index (κ1) is 9.79. The summed E-state index contributed by atoms with van der Waals surface area (Å²) in [7, 11) is 0. The van der Waals surface area contributed by atoms with E-state index in [0.29, 0.717) is 0 Å². The summed E-state index contributed by atoms with van der Waals surface area (Å²) in [5, 5.41) is 8.02. The minimum atomic E-state index is -0.0602. The first-order valence-corrected chi connectivity index (χ1v) is 1.64. The van der Waals surface area contributed by atoms with Crippen LogP contribution in [0, 0.1) is 0 Å². The van der Waals surface area contributed by atoms with Gasteiger partial charge >= 0.3 is 21.1 Å². The SMILES string of the molecule is CC(N)CO.[Pt+2]. The molecule has 0 amide bonds. The van der Waals surface area contributed by atoms with Crippen molar-refractivity contribution in [2.45, 2.75) is 13.0 Å². The molecule has 2 nitrogen and oxygen atoms in total. The second-order valence-electron chi connectivity index (χ2n) is 1.16. The Kier molecular flexibility index (Phi) is 9.15. The predicted octanol–water partition coefficient (Wildman–Crippen LogP) is -0.677. The summed E-state index contributed by atoms with van der Waals surface area (Å²) in [6.45, 7) is 1.83. The molecule has 0 aliphatic rings. The fraction of sp³-hybridized carbons (Fsp3) is 1.00. The van der Waals surface area contributed by atoms with E-state index in [-0.39, 0.29) is 33.7 Å². The van der Waals surface area contributed by atoms with E-state index in [2.05, 4.69) is 0 Å². The Balaban J connectivity index is 0. The van der Waals surface area contributed by atoms with Gasteiger partial charge in [-0.1, -0.05) is 0 Å². The predicted molar refractivity (Wildman–Crippen MR) is 20.7 cm³/mol. The van der Waals surface area contributed by atoms with Crippen LogP contribution in [-0.4, -0.2) is 17.8 Å². The molecule has 0 aromatic heterocycles. The molecule has 0 aromatic rings. The van der Waals surface area contributed by atoms with Crippen molar-refractivity contribution in [1.82, 2.24) is 0 Å². The van der Waals surface area contributed by atoms with Crippen molar-refractivity contribution in [1.29, 1.82) is 0 Å². The fourth-order valence-electron chi connectivity index (χ4n) is 0. The molecular formula is C3H9NOPt+2. The Morgan fingerprint density at radius 3 is 2.00 bits per heavy atom. The molecule has 0 saturated heterocycles. The van der Waals surface area contributed by atoms with Gasteiger partial charge in [0.1, 0.15) is 0 Å². The van der Waals surface area contributed by atoms with E-state index in [9.17, 15) is 0 Å². The zero-order valence-electron chi connectivity index (χ0n) is 3.63. The largest absolute Gasteiger partial charge is 2.00 e. The molecule has 0 rings (SSSR count). The standard InChI is InChI=1S/C3H9NO.Pt/c1-3(4)2-5;/h3,5H,2,4H2,1H3;/q;+2. The molecule has 1 unspecified atom stereocenters. The van der Waals surface area contributed by atoms with Crippen LogP contribution in [0.4, 0.5) is 0 Å². The molecule has 0 radical (unpaired) electrons. The van der Waals surface area contributed by atoms with E-state index in [1.807, 2.05) is 0 Å². The van der Waals surface area contributed by atoms with Gasteiger partial charge in [-0.25, -0.2) is 0 Å². The summed E-state index contributed by atoms with van der Waals surface area (Å²) in [4.78, 5) is 0. The van der Waals surface area contributed by atoms with E-state index in [1.165, 1.54) is 0 Å². The summed E-state index contributed by atoms with van der Waals surface area (Å²) in [5.74, 6) is 0. The Hall–Kier alpha value is 0.608. The van der Waals surface area contributed by atoms with Crippen LogP contribution in [0.3, 0.4) is 0 Å². The van der Waals surface area contributed by atoms with Gasteiger partial charge in [0.05, 0.1) is 6.61 Å². The van der Waals surface area contributed by atoms with Crippen LogP contribution in [0.1, 0.15) is 6.92 Å². The molecule has 6 heavy (non-hydrogen) atoms. The average molecular weight is 270 g/mol. The van der Waals surface area contributed by atoms with Gasteiger partial charge in [0.2, 0.25) is 0 Å². The van der Waals surface area contributed by atoms with E-state index in [4.69, 9.17) is 10.8 Å². The number of hydrogen-bond acceptors (Lipinski definition) is 2. The molecule has 0 spiro atoms. The van der Waals surface area contributed by atoms with Gasteiger partial charge in [0, 0.05) is 6.04 Å². The van der Waals surface area contributed by atoms with Gasteiger partial charge in [-0.2, -0.15) is 0 Å². The van der Waals surface area contributed by atoms with Crippen LogP contribution in [0.5, 0.6) is 0 Å². The molecule has 0 heterocycles. The van der Waals surface area contributed by atoms with Crippen LogP contribution in [0.2, 0.25) is 0 Å². The van der Waals surface area contributed by atoms with Gasteiger partial charge in [0.15, 0.2) is 0 Å². The monoisotopic (exact) mass is 270 g/mol. The van der Waals surface area contributed by atoms with Gasteiger partial charge in [0.25, 0.3) is 0 Å². The van der Waals surface area contributed by atoms with E-state index < -0.39 is 0 Å². The maximum atomic E-state index is 8.02. The molecule has 0 saturated carbocycles. The van der Waals surface area contributed by atoms with E-state index >= 15 is 0 Å². The van der Waals surface area contributed by atoms with E-state index in [1.54, 1.807) is 6.92 Å². The zero-order valence-corrected chi connectivity index (χ0v) is 5.90. The number of aliphatic hydroxyl groups excluding tert-OH is 1. The molecule has 0 bridgehead atoms. The number of nitrogens with two attached hydrogens (primary N) is 1. The summed E-state index contributed by atoms with van der Waals surface area (Å²) in [6, 6.07) is -0.0602. The fourth-order valence-corrected chi connectivity index (χ4v) is 0. The van der Waals surface area contributed by atoms with Gasteiger partial charge < -0.3 is 10.8 Å². The van der Waals surface area contributed by atoms with Crippen LogP contribution < -0.4 is 5.73 Å². The Bertz CT molecular complexity index is 24.8. The molecule has 0 aromatic carbocycles. The summed E-state index contributed by atoms with van der Waals surface area (Å²) < 4.78 is 0. The Labute approximate surface area is 52.0 Å². The van der Waals surface area contributed by atoms with Crippen LogP contribution in [0.15, 0.2) is 0 Å². The normalized spacial score (nSPS) is 12.5. The molecule has 0 aliphatic heterocycles. The summed E-state index contributed by atoms with van der Waals surface area (Å²) >= 11 is 0. The topological polar surface area (TPSA) is 46.2 Å². The second kappa shape index (κ2) is 5.61. The van der Waals surface area contributed by atoms with Crippen molar-refractivity contribution in [3.05, 3.63) is 0 Å². The first-order chi connectivity index (χ1) is 2.27. The van der Waals surface area contributed by atoms with Gasteiger partial charge in [-0.05, 0) is 6.92 Å². The maximum Gasteiger partial charge on any atom is 2.00 e. The Morgan fingerprint density at radius 2 is 2.00 bits per heavy atom. The average Bonchev–Trinajstić information content (AvgIpc) is 1.38. The molecule has 40 valence electrons. The van der Waals surface area contributed by atoms with Gasteiger partial charge in [-0.15, -0.1) is 0 Å². The molecule has 1 atom stereocenters. The van der Waals surface area contributed by atoms with Crippen molar-refractivity contribution in [3.8, 4) is 0 Å². The summed E-state index contributed by atoms with van der Waals surface area (Å²) in [5.41, 5.74) is 5.04. The quantitative estimate of drug-likeness (QED) is 0.663. The third kappa shape index (κ3) is 8.82. The second-order valence-corrected chi connectivity index (χ2v) is 1.16. The molecular weight excluding hydrogens is 261 g/mol. The first-order valence-electron chi connectivity index (χ1n) is 1.64. The zero-order chi connectivity index (χ0) is 4.28. The van der Waals surface area contributed by atoms with Crippen LogP contribution >= 0.6 is 0 Å². The molecule has 0 aliphatic carbocycles. The van der Waals surface area contributed by atoms with Gasteiger partial charge in [-0.3, -0.25) is 0 Å². The maximum absolute atomic E-state index is 8.02.